The second kappa shape index (κ2) is 6.93. The van der Waals surface area contributed by atoms with E-state index in [0.29, 0.717) is 5.56 Å². The number of rotatable bonds is 3. The van der Waals surface area contributed by atoms with Gasteiger partial charge in [0, 0.05) is 25.0 Å². The molecular formula is C21H21N3O. The molecule has 4 rings (SSSR count). The Morgan fingerprint density at radius 3 is 2.48 bits per heavy atom. The molecule has 0 atom stereocenters. The minimum absolute atomic E-state index is 0.132. The number of nitrogens with zero attached hydrogens (tertiary/aromatic N) is 2. The summed E-state index contributed by atoms with van der Waals surface area (Å²) in [7, 11) is 0. The molecule has 1 N–H and O–H groups in total. The molecule has 2 aromatic carbocycles. The molecule has 0 aliphatic carbocycles. The van der Waals surface area contributed by atoms with Gasteiger partial charge in [0.15, 0.2) is 0 Å². The zero-order chi connectivity index (χ0) is 17.1. The van der Waals surface area contributed by atoms with Gasteiger partial charge in [-0.25, -0.2) is 4.98 Å². The van der Waals surface area contributed by atoms with Gasteiger partial charge in [0.05, 0.1) is 5.56 Å². The van der Waals surface area contributed by atoms with Gasteiger partial charge in [0.1, 0.15) is 5.82 Å². The first-order valence-electron chi connectivity index (χ1n) is 8.81. The number of amides is 1. The standard InChI is InChI=1S/C21H21N3O/c25-21(23-19-10-8-16-6-2-3-7-17(16)14-19)18-9-11-20(22-15-18)24-12-4-1-5-13-24/h2-3,6-11,14-15H,1,4-5,12-13H2,(H,23,25). The maximum Gasteiger partial charge on any atom is 0.257 e. The number of carbonyl (C=O) groups is 1. The zero-order valence-electron chi connectivity index (χ0n) is 14.1. The van der Waals surface area contributed by atoms with E-state index in [1.807, 2.05) is 48.5 Å². The lowest BCUT2D eigenvalue weighted by atomic mass is 10.1. The van der Waals surface area contributed by atoms with Crippen LogP contribution >= 0.6 is 0 Å². The van der Waals surface area contributed by atoms with Gasteiger partial charge in [0.2, 0.25) is 0 Å². The van der Waals surface area contributed by atoms with Gasteiger partial charge in [-0.05, 0) is 54.3 Å². The molecule has 1 aromatic heterocycles. The minimum Gasteiger partial charge on any atom is -0.357 e. The van der Waals surface area contributed by atoms with Crippen LogP contribution in [0.3, 0.4) is 0 Å². The fourth-order valence-corrected chi connectivity index (χ4v) is 3.30. The van der Waals surface area contributed by atoms with Gasteiger partial charge >= 0.3 is 0 Å². The van der Waals surface area contributed by atoms with Crippen LogP contribution in [-0.2, 0) is 0 Å². The van der Waals surface area contributed by atoms with Crippen LogP contribution in [-0.4, -0.2) is 24.0 Å². The highest BCUT2D eigenvalue weighted by molar-refractivity contribution is 6.05. The van der Waals surface area contributed by atoms with Gasteiger partial charge in [-0.2, -0.15) is 0 Å². The van der Waals surface area contributed by atoms with E-state index in [4.69, 9.17) is 0 Å². The third-order valence-corrected chi connectivity index (χ3v) is 4.70. The number of nitrogens with one attached hydrogen (secondary N) is 1. The number of hydrogen-bond acceptors (Lipinski definition) is 3. The molecule has 4 nitrogen and oxygen atoms in total. The Bertz CT molecular complexity index is 883. The summed E-state index contributed by atoms with van der Waals surface area (Å²) < 4.78 is 0. The monoisotopic (exact) mass is 331 g/mol. The molecule has 1 aliphatic rings. The molecule has 0 spiro atoms. The molecule has 1 aliphatic heterocycles. The highest BCUT2D eigenvalue weighted by Crippen LogP contribution is 2.20. The Morgan fingerprint density at radius 1 is 0.920 bits per heavy atom. The van der Waals surface area contributed by atoms with Crippen molar-refractivity contribution in [1.29, 1.82) is 0 Å². The van der Waals surface area contributed by atoms with Crippen molar-refractivity contribution in [3.05, 3.63) is 66.4 Å². The summed E-state index contributed by atoms with van der Waals surface area (Å²) in [6.45, 7) is 2.10. The van der Waals surface area contributed by atoms with Gasteiger partial charge in [-0.1, -0.05) is 30.3 Å². The number of fused-ring (bicyclic) bond motifs is 1. The highest BCUT2D eigenvalue weighted by atomic mass is 16.1. The predicted molar refractivity (Wildman–Crippen MR) is 102 cm³/mol. The molecule has 0 radical (unpaired) electrons. The molecule has 25 heavy (non-hydrogen) atoms. The van der Waals surface area contributed by atoms with Crippen molar-refractivity contribution in [3.63, 3.8) is 0 Å². The fourth-order valence-electron chi connectivity index (χ4n) is 3.30. The number of anilines is 2. The third kappa shape index (κ3) is 3.48. The van der Waals surface area contributed by atoms with Crippen molar-refractivity contribution in [3.8, 4) is 0 Å². The predicted octanol–water partition coefficient (Wildman–Crippen LogP) is 4.48. The summed E-state index contributed by atoms with van der Waals surface area (Å²) in [5.41, 5.74) is 1.37. The second-order valence-corrected chi connectivity index (χ2v) is 6.47. The van der Waals surface area contributed by atoms with Gasteiger partial charge in [0.25, 0.3) is 5.91 Å². The topological polar surface area (TPSA) is 45.2 Å². The zero-order valence-corrected chi connectivity index (χ0v) is 14.1. The molecule has 4 heteroatoms. The SMILES string of the molecule is O=C(Nc1ccc2ccccc2c1)c1ccc(N2CCCCC2)nc1. The number of carbonyl (C=O) groups excluding carboxylic acids is 1. The lowest BCUT2D eigenvalue weighted by molar-refractivity contribution is 0.102. The average molecular weight is 331 g/mol. The first-order chi connectivity index (χ1) is 12.3. The van der Waals surface area contributed by atoms with E-state index in [1.165, 1.54) is 19.3 Å². The van der Waals surface area contributed by atoms with Crippen molar-refractivity contribution < 1.29 is 4.79 Å². The summed E-state index contributed by atoms with van der Waals surface area (Å²) in [6, 6.07) is 17.8. The maximum absolute atomic E-state index is 12.5. The van der Waals surface area contributed by atoms with Crippen molar-refractivity contribution >= 4 is 28.2 Å². The van der Waals surface area contributed by atoms with Gasteiger partial charge in [-0.15, -0.1) is 0 Å². The Balaban J connectivity index is 1.48. The smallest absolute Gasteiger partial charge is 0.257 e. The van der Waals surface area contributed by atoms with E-state index in [9.17, 15) is 4.79 Å². The first kappa shape index (κ1) is 15.6. The van der Waals surface area contributed by atoms with Crippen molar-refractivity contribution in [2.45, 2.75) is 19.3 Å². The van der Waals surface area contributed by atoms with Crippen LogP contribution in [0, 0.1) is 0 Å². The van der Waals surface area contributed by atoms with E-state index in [2.05, 4.69) is 21.3 Å². The van der Waals surface area contributed by atoms with Crippen LogP contribution in [0.2, 0.25) is 0 Å². The molecule has 0 bridgehead atoms. The Morgan fingerprint density at radius 2 is 1.72 bits per heavy atom. The summed E-state index contributed by atoms with van der Waals surface area (Å²) in [6.07, 6.45) is 5.39. The van der Waals surface area contributed by atoms with E-state index in [1.54, 1.807) is 6.20 Å². The number of aromatic nitrogens is 1. The normalized spacial score (nSPS) is 14.5. The summed E-state index contributed by atoms with van der Waals surface area (Å²) >= 11 is 0. The Kier molecular flexibility index (Phi) is 4.34. The summed E-state index contributed by atoms with van der Waals surface area (Å²) in [5, 5.41) is 5.23. The van der Waals surface area contributed by atoms with Gasteiger partial charge in [-0.3, -0.25) is 4.79 Å². The van der Waals surface area contributed by atoms with Gasteiger partial charge < -0.3 is 10.2 Å². The van der Waals surface area contributed by atoms with Crippen LogP contribution in [0.15, 0.2) is 60.8 Å². The molecule has 1 saturated heterocycles. The molecular weight excluding hydrogens is 310 g/mol. The third-order valence-electron chi connectivity index (χ3n) is 4.70. The van der Waals surface area contributed by atoms with E-state index in [-0.39, 0.29) is 5.91 Å². The highest BCUT2D eigenvalue weighted by Gasteiger charge is 2.13. The summed E-state index contributed by atoms with van der Waals surface area (Å²) in [5.74, 6) is 0.829. The van der Waals surface area contributed by atoms with Crippen LogP contribution < -0.4 is 10.2 Å². The molecule has 1 fully saturated rings. The molecule has 2 heterocycles. The van der Waals surface area contributed by atoms with E-state index >= 15 is 0 Å². The lowest BCUT2D eigenvalue weighted by Gasteiger charge is -2.27. The summed E-state index contributed by atoms with van der Waals surface area (Å²) in [4.78, 5) is 19.2. The number of hydrogen-bond donors (Lipinski definition) is 1. The minimum atomic E-state index is -0.132. The lowest BCUT2D eigenvalue weighted by Crippen LogP contribution is -2.30. The molecule has 126 valence electrons. The number of pyridine rings is 1. The maximum atomic E-state index is 12.5. The van der Waals surface area contributed by atoms with Crippen LogP contribution in [0.25, 0.3) is 10.8 Å². The van der Waals surface area contributed by atoms with Crippen molar-refractivity contribution in [2.75, 3.05) is 23.3 Å². The fraction of sp³-hybridized carbons (Fsp3) is 0.238. The van der Waals surface area contributed by atoms with Crippen molar-refractivity contribution in [1.82, 2.24) is 4.98 Å². The van der Waals surface area contributed by atoms with Crippen LogP contribution in [0.4, 0.5) is 11.5 Å². The Hall–Kier alpha value is -2.88. The molecule has 0 saturated carbocycles. The molecule has 1 amide bonds. The average Bonchev–Trinajstić information content (AvgIpc) is 2.69. The molecule has 3 aromatic rings. The van der Waals surface area contributed by atoms with E-state index < -0.39 is 0 Å². The second-order valence-electron chi connectivity index (χ2n) is 6.47. The number of piperidine rings is 1. The molecule has 0 unspecified atom stereocenters. The Labute approximate surface area is 147 Å². The number of benzene rings is 2. The van der Waals surface area contributed by atoms with Crippen LogP contribution in [0.5, 0.6) is 0 Å². The van der Waals surface area contributed by atoms with Crippen molar-refractivity contribution in [2.24, 2.45) is 0 Å². The largest absolute Gasteiger partial charge is 0.357 e. The van der Waals surface area contributed by atoms with E-state index in [0.717, 1.165) is 35.4 Å². The first-order valence-corrected chi connectivity index (χ1v) is 8.81. The quantitative estimate of drug-likeness (QED) is 0.770. The van der Waals surface area contributed by atoms with Crippen LogP contribution in [0.1, 0.15) is 29.6 Å².